The van der Waals surface area contributed by atoms with Crippen LogP contribution in [-0.2, 0) is 19.4 Å². The number of sulfone groups is 1. The molecule has 0 aliphatic carbocycles. The standard InChI is InChI=1S/C30H27ClO6S2/c1-3-37-30(33)29-25(19-11-15-22(36-2)16-12-19)27-23(17-24(38-27)18-7-5-4-6-8-18)28(39(29,34)35)26(32)20-9-13-21(31)14-10-20/h4-16,24-25,28-29H,3,17H2,1-2H3/t24-,25-,28-,29-/m1/s1. The number of hydrogen-bond donors (Lipinski definition) is 0. The fraction of sp³-hybridized carbons (Fsp3) is 0.267. The highest BCUT2D eigenvalue weighted by Gasteiger charge is 2.57. The van der Waals surface area contributed by atoms with E-state index in [2.05, 4.69) is 0 Å². The molecule has 4 atom stereocenters. The number of ketones is 1. The van der Waals surface area contributed by atoms with Crippen molar-refractivity contribution in [1.29, 1.82) is 0 Å². The number of carbonyl (C=O) groups is 2. The molecule has 3 aromatic rings. The van der Waals surface area contributed by atoms with Gasteiger partial charge in [0.2, 0.25) is 0 Å². The molecular weight excluding hydrogens is 556 g/mol. The molecule has 0 aromatic heterocycles. The summed E-state index contributed by atoms with van der Waals surface area (Å²) in [5, 5.41) is -2.75. The number of esters is 1. The summed E-state index contributed by atoms with van der Waals surface area (Å²) in [5.41, 5.74) is 2.42. The Labute approximate surface area is 237 Å². The van der Waals surface area contributed by atoms with Gasteiger partial charge >= 0.3 is 5.97 Å². The maximum atomic E-state index is 14.4. The lowest BCUT2D eigenvalue weighted by Gasteiger charge is -2.35. The molecule has 0 saturated carbocycles. The van der Waals surface area contributed by atoms with E-state index >= 15 is 0 Å². The summed E-state index contributed by atoms with van der Waals surface area (Å²) in [5.74, 6) is -1.64. The highest BCUT2D eigenvalue weighted by atomic mass is 35.5. The summed E-state index contributed by atoms with van der Waals surface area (Å²) in [6.45, 7) is 1.65. The van der Waals surface area contributed by atoms with Crippen LogP contribution >= 0.6 is 23.4 Å². The Balaban J connectivity index is 1.71. The molecule has 3 aromatic carbocycles. The van der Waals surface area contributed by atoms with E-state index in [1.165, 1.54) is 23.9 Å². The summed E-state index contributed by atoms with van der Waals surface area (Å²) >= 11 is 7.55. The third kappa shape index (κ3) is 5.13. The summed E-state index contributed by atoms with van der Waals surface area (Å²) in [6, 6.07) is 22.9. The summed E-state index contributed by atoms with van der Waals surface area (Å²) in [7, 11) is -2.83. The van der Waals surface area contributed by atoms with Crippen molar-refractivity contribution in [1.82, 2.24) is 0 Å². The predicted molar refractivity (Wildman–Crippen MR) is 153 cm³/mol. The summed E-state index contributed by atoms with van der Waals surface area (Å²) in [4.78, 5) is 28.1. The SMILES string of the molecule is CCOC(=O)[C@H]1[C@H](c2ccc(OC)cc2)C2=C(C[C@H](c3ccccc3)S2)[C@H](C(=O)c2ccc(Cl)cc2)S1(=O)=O. The number of methoxy groups -OCH3 is 1. The maximum absolute atomic E-state index is 14.4. The Morgan fingerprint density at radius 1 is 0.949 bits per heavy atom. The van der Waals surface area contributed by atoms with Gasteiger partial charge in [-0.1, -0.05) is 54.1 Å². The number of hydrogen-bond acceptors (Lipinski definition) is 7. The van der Waals surface area contributed by atoms with E-state index in [0.29, 0.717) is 28.3 Å². The molecule has 0 saturated heterocycles. The zero-order valence-corrected chi connectivity index (χ0v) is 23.8. The lowest BCUT2D eigenvalue weighted by molar-refractivity contribution is -0.142. The lowest BCUT2D eigenvalue weighted by atomic mass is 9.87. The van der Waals surface area contributed by atoms with E-state index in [1.807, 2.05) is 30.3 Å². The second-order valence-corrected chi connectivity index (χ2v) is 13.2. The predicted octanol–water partition coefficient (Wildman–Crippen LogP) is 6.18. The molecule has 5 rings (SSSR count). The molecule has 0 amide bonds. The van der Waals surface area contributed by atoms with Crippen molar-refractivity contribution < 1.29 is 27.5 Å². The Hall–Kier alpha value is -3.07. The summed E-state index contributed by atoms with van der Waals surface area (Å²) < 4.78 is 39.4. The Kier molecular flexibility index (Phi) is 7.89. The van der Waals surface area contributed by atoms with Crippen LogP contribution in [0.15, 0.2) is 89.3 Å². The molecule has 2 aliphatic rings. The maximum Gasteiger partial charge on any atom is 0.325 e. The highest BCUT2D eigenvalue weighted by Crippen LogP contribution is 2.59. The van der Waals surface area contributed by atoms with Gasteiger partial charge in [0.05, 0.1) is 13.7 Å². The van der Waals surface area contributed by atoms with Gasteiger partial charge in [0.1, 0.15) is 11.0 Å². The van der Waals surface area contributed by atoms with Gasteiger partial charge in [-0.2, -0.15) is 0 Å². The van der Waals surface area contributed by atoms with E-state index in [4.69, 9.17) is 21.1 Å². The smallest absolute Gasteiger partial charge is 0.325 e. The molecule has 0 unspecified atom stereocenters. The monoisotopic (exact) mass is 582 g/mol. The van der Waals surface area contributed by atoms with E-state index in [1.54, 1.807) is 50.4 Å². The van der Waals surface area contributed by atoms with Crippen LogP contribution in [0.5, 0.6) is 5.75 Å². The van der Waals surface area contributed by atoms with Crippen LogP contribution in [0.4, 0.5) is 0 Å². The fourth-order valence-corrected chi connectivity index (χ4v) is 9.59. The van der Waals surface area contributed by atoms with Gasteiger partial charge in [0.15, 0.2) is 20.9 Å². The van der Waals surface area contributed by atoms with Crippen LogP contribution in [0.25, 0.3) is 0 Å². The molecule has 0 spiro atoms. The number of allylic oxidation sites excluding steroid dienone is 1. The average Bonchev–Trinajstić information content (AvgIpc) is 3.37. The number of Topliss-reactive ketones (excluding diaryl/α,β-unsaturated/α-hetero) is 1. The van der Waals surface area contributed by atoms with E-state index < -0.39 is 38.0 Å². The average molecular weight is 583 g/mol. The molecule has 2 aliphatic heterocycles. The third-order valence-corrected chi connectivity index (χ3v) is 11.2. The number of carbonyl (C=O) groups excluding carboxylic acids is 2. The number of rotatable bonds is 7. The summed E-state index contributed by atoms with van der Waals surface area (Å²) in [6.07, 6.45) is 0.370. The van der Waals surface area contributed by atoms with Gasteiger partial charge in [-0.05, 0) is 71.3 Å². The van der Waals surface area contributed by atoms with Crippen LogP contribution in [0.2, 0.25) is 5.02 Å². The molecule has 202 valence electrons. The molecule has 0 fully saturated rings. The van der Waals surface area contributed by atoms with Crippen LogP contribution in [0.1, 0.15) is 46.0 Å². The van der Waals surface area contributed by atoms with Crippen LogP contribution in [-0.4, -0.2) is 44.4 Å². The van der Waals surface area contributed by atoms with Gasteiger partial charge < -0.3 is 9.47 Å². The molecule has 6 nitrogen and oxygen atoms in total. The van der Waals surface area contributed by atoms with Crippen molar-refractivity contribution in [2.75, 3.05) is 13.7 Å². The topological polar surface area (TPSA) is 86.7 Å². The second-order valence-electron chi connectivity index (χ2n) is 9.37. The number of ether oxygens (including phenoxy) is 2. The van der Waals surface area contributed by atoms with Crippen molar-refractivity contribution in [3.63, 3.8) is 0 Å². The van der Waals surface area contributed by atoms with Crippen molar-refractivity contribution in [3.05, 3.63) is 111 Å². The molecule has 39 heavy (non-hydrogen) atoms. The zero-order valence-electron chi connectivity index (χ0n) is 21.4. The first-order valence-electron chi connectivity index (χ1n) is 12.5. The largest absolute Gasteiger partial charge is 0.497 e. The van der Waals surface area contributed by atoms with Crippen LogP contribution in [0, 0.1) is 0 Å². The van der Waals surface area contributed by atoms with E-state index in [-0.39, 0.29) is 17.4 Å². The van der Waals surface area contributed by atoms with Gasteiger partial charge in [-0.3, -0.25) is 9.59 Å². The number of halogens is 1. The second kappa shape index (κ2) is 11.2. The van der Waals surface area contributed by atoms with Crippen molar-refractivity contribution >= 4 is 45.0 Å². The van der Waals surface area contributed by atoms with Crippen molar-refractivity contribution in [2.45, 2.75) is 35.0 Å². The quantitative estimate of drug-likeness (QED) is 0.243. The first kappa shape index (κ1) is 27.5. The molecule has 0 radical (unpaired) electrons. The Bertz CT molecular complexity index is 1520. The van der Waals surface area contributed by atoms with Crippen LogP contribution in [0.3, 0.4) is 0 Å². The number of benzene rings is 3. The molecule has 9 heteroatoms. The molecular formula is C30H27ClO6S2. The van der Waals surface area contributed by atoms with Gasteiger partial charge in [-0.15, -0.1) is 11.8 Å². The van der Waals surface area contributed by atoms with E-state index in [0.717, 1.165) is 10.5 Å². The minimum atomic E-state index is -4.38. The van der Waals surface area contributed by atoms with Gasteiger partial charge in [-0.25, -0.2) is 8.42 Å². The lowest BCUT2D eigenvalue weighted by Crippen LogP contribution is -2.49. The number of thioether (sulfide) groups is 1. The van der Waals surface area contributed by atoms with Gasteiger partial charge in [0, 0.05) is 21.8 Å². The Morgan fingerprint density at radius 3 is 2.23 bits per heavy atom. The molecule has 2 heterocycles. The fourth-order valence-electron chi connectivity index (χ4n) is 5.31. The first-order valence-corrected chi connectivity index (χ1v) is 15.4. The van der Waals surface area contributed by atoms with Crippen LogP contribution < -0.4 is 4.74 Å². The van der Waals surface area contributed by atoms with Crippen molar-refractivity contribution in [3.8, 4) is 5.75 Å². The van der Waals surface area contributed by atoms with Gasteiger partial charge in [0.25, 0.3) is 0 Å². The van der Waals surface area contributed by atoms with Crippen molar-refractivity contribution in [2.24, 2.45) is 0 Å². The normalized spacial score (nSPS) is 23.7. The molecule has 0 bridgehead atoms. The Morgan fingerprint density at radius 2 is 1.62 bits per heavy atom. The first-order chi connectivity index (χ1) is 18.8. The third-order valence-electron chi connectivity index (χ3n) is 7.11. The minimum absolute atomic E-state index is 0.0155. The molecule has 0 N–H and O–H groups in total. The minimum Gasteiger partial charge on any atom is -0.497 e. The highest BCUT2D eigenvalue weighted by molar-refractivity contribution is 8.04. The zero-order chi connectivity index (χ0) is 27.7. The van der Waals surface area contributed by atoms with E-state index in [9.17, 15) is 18.0 Å².